The van der Waals surface area contributed by atoms with E-state index in [1.807, 2.05) is 6.08 Å². The Morgan fingerprint density at radius 1 is 1.19 bits per heavy atom. The first kappa shape index (κ1) is 18.5. The number of fused-ring (bicyclic) bond motifs is 2. The van der Waals surface area contributed by atoms with Crippen LogP contribution in [0.15, 0.2) is 66.8 Å². The molecule has 0 nitrogen and oxygen atoms in total. The Labute approximate surface area is 176 Å². The van der Waals surface area contributed by atoms with E-state index in [0.717, 1.165) is 12.8 Å². The molecule has 0 aromatic heterocycles. The molecule has 0 aliphatic heterocycles. The molecule has 2 aliphatic rings. The molecule has 2 aromatic carbocycles. The van der Waals surface area contributed by atoms with Crippen LogP contribution in [0.1, 0.15) is 55.0 Å². The van der Waals surface area contributed by atoms with Crippen LogP contribution in [-0.2, 0) is 11.8 Å². The number of allylic oxidation sites excluding steroid dienone is 6. The van der Waals surface area contributed by atoms with Gasteiger partial charge in [0.1, 0.15) is 0 Å². The highest BCUT2D eigenvalue weighted by atomic mass is 127. The van der Waals surface area contributed by atoms with E-state index in [2.05, 4.69) is 105 Å². The minimum absolute atomic E-state index is 0.000457. The molecule has 0 heterocycles. The van der Waals surface area contributed by atoms with Gasteiger partial charge in [0.05, 0.1) is 0 Å². The van der Waals surface area contributed by atoms with Gasteiger partial charge in [0.15, 0.2) is 0 Å². The number of halogens is 1. The zero-order valence-corrected chi connectivity index (χ0v) is 18.4. The first-order valence-corrected chi connectivity index (χ1v) is 10.7. The summed E-state index contributed by atoms with van der Waals surface area (Å²) in [6, 6.07) is 13.5. The molecule has 0 saturated heterocycles. The van der Waals surface area contributed by atoms with E-state index in [1.54, 1.807) is 0 Å². The molecule has 0 bridgehead atoms. The summed E-state index contributed by atoms with van der Waals surface area (Å²) in [6.07, 6.45) is 11.2. The molecule has 27 heavy (non-hydrogen) atoms. The van der Waals surface area contributed by atoms with Crippen molar-refractivity contribution in [3.63, 3.8) is 0 Å². The van der Waals surface area contributed by atoms with Crippen molar-refractivity contribution in [1.29, 1.82) is 0 Å². The number of hydrogen-bond donors (Lipinski definition) is 0. The number of aryl methyl sites for hydroxylation is 1. The Hall–Kier alpha value is -1.87. The normalized spacial score (nSPS) is 17.7. The van der Waals surface area contributed by atoms with Crippen molar-refractivity contribution in [2.45, 2.75) is 39.0 Å². The minimum Gasteiger partial charge on any atom is -0.0984 e. The summed E-state index contributed by atoms with van der Waals surface area (Å²) in [6.45, 7) is 11.1. The first-order valence-electron chi connectivity index (χ1n) is 9.58. The van der Waals surface area contributed by atoms with Crippen LogP contribution in [0.3, 0.4) is 0 Å². The van der Waals surface area contributed by atoms with Crippen LogP contribution in [0.5, 0.6) is 0 Å². The summed E-state index contributed by atoms with van der Waals surface area (Å²) in [7, 11) is 0. The van der Waals surface area contributed by atoms with Crippen LogP contribution in [-0.4, -0.2) is 0 Å². The van der Waals surface area contributed by atoms with Gasteiger partial charge in [-0.1, -0.05) is 62.9 Å². The highest BCUT2D eigenvalue weighted by Gasteiger charge is 2.35. The fraction of sp³-hybridized carbons (Fsp3) is 0.231. The third kappa shape index (κ3) is 3.06. The largest absolute Gasteiger partial charge is 0.0984 e. The standard InChI is InChI=1S/C26H25I/c1-5-18(22-12-8-10-19-9-6-7-11-23(19)22)15-24-17(2)21-14-13-20(27)16-25(21)26(24,3)4/h5,7-8,10-16H,1,6,9H2,2-4H3/b18-15+. The lowest BCUT2D eigenvalue weighted by molar-refractivity contribution is 0.654. The molecule has 136 valence electrons. The van der Waals surface area contributed by atoms with Crippen molar-refractivity contribution < 1.29 is 0 Å². The van der Waals surface area contributed by atoms with Crippen LogP contribution < -0.4 is 0 Å². The maximum Gasteiger partial charge on any atom is 0.0156 e. The van der Waals surface area contributed by atoms with Crippen LogP contribution in [0, 0.1) is 3.57 Å². The lowest BCUT2D eigenvalue weighted by Gasteiger charge is -2.24. The quantitative estimate of drug-likeness (QED) is 0.324. The second kappa shape index (κ2) is 6.94. The van der Waals surface area contributed by atoms with Gasteiger partial charge in [-0.15, -0.1) is 0 Å². The van der Waals surface area contributed by atoms with E-state index >= 15 is 0 Å². The van der Waals surface area contributed by atoms with E-state index in [9.17, 15) is 0 Å². The van der Waals surface area contributed by atoms with Crippen molar-refractivity contribution in [2.75, 3.05) is 0 Å². The van der Waals surface area contributed by atoms with E-state index in [1.165, 1.54) is 48.1 Å². The molecule has 4 rings (SSSR count). The van der Waals surface area contributed by atoms with Gasteiger partial charge in [0.2, 0.25) is 0 Å². The van der Waals surface area contributed by atoms with E-state index < -0.39 is 0 Å². The number of rotatable bonds is 3. The Kier molecular flexibility index (Phi) is 4.75. The average molecular weight is 464 g/mol. The molecule has 2 aromatic rings. The molecular formula is C26H25I. The van der Waals surface area contributed by atoms with Crippen molar-refractivity contribution >= 4 is 39.8 Å². The molecular weight excluding hydrogens is 439 g/mol. The lowest BCUT2D eigenvalue weighted by Crippen LogP contribution is -2.16. The van der Waals surface area contributed by atoms with Crippen LogP contribution >= 0.6 is 22.6 Å². The zero-order valence-electron chi connectivity index (χ0n) is 16.3. The van der Waals surface area contributed by atoms with Gasteiger partial charge in [-0.25, -0.2) is 0 Å². The van der Waals surface area contributed by atoms with Crippen molar-refractivity contribution in [2.24, 2.45) is 0 Å². The average Bonchev–Trinajstić information content (AvgIpc) is 2.85. The Morgan fingerprint density at radius 2 is 2.00 bits per heavy atom. The maximum atomic E-state index is 4.15. The summed E-state index contributed by atoms with van der Waals surface area (Å²) in [5, 5.41) is 0. The summed E-state index contributed by atoms with van der Waals surface area (Å²) >= 11 is 2.41. The molecule has 0 fully saturated rings. The van der Waals surface area contributed by atoms with Gasteiger partial charge in [0.25, 0.3) is 0 Å². The third-order valence-corrected chi connectivity index (χ3v) is 6.70. The maximum absolute atomic E-state index is 4.15. The van der Waals surface area contributed by atoms with Gasteiger partial charge in [0, 0.05) is 8.99 Å². The van der Waals surface area contributed by atoms with Crippen LogP contribution in [0.4, 0.5) is 0 Å². The van der Waals surface area contributed by atoms with Crippen molar-refractivity contribution in [3.8, 4) is 0 Å². The van der Waals surface area contributed by atoms with Crippen molar-refractivity contribution in [3.05, 3.63) is 98.2 Å². The van der Waals surface area contributed by atoms with Gasteiger partial charge in [-0.2, -0.15) is 0 Å². The van der Waals surface area contributed by atoms with Gasteiger partial charge in [-0.05, 0) is 105 Å². The SMILES string of the molecule is C=C/C(=C\C1=C(C)c2ccc(I)cc2C1(C)C)c1cccc2c1C=CCC2. The summed E-state index contributed by atoms with van der Waals surface area (Å²) in [5.74, 6) is 0. The number of hydrogen-bond acceptors (Lipinski definition) is 0. The second-order valence-corrected chi connectivity index (χ2v) is 9.22. The molecule has 0 spiro atoms. The molecule has 0 amide bonds. The van der Waals surface area contributed by atoms with Gasteiger partial charge >= 0.3 is 0 Å². The van der Waals surface area contributed by atoms with Crippen molar-refractivity contribution in [1.82, 2.24) is 0 Å². The highest BCUT2D eigenvalue weighted by Crippen LogP contribution is 2.48. The molecule has 2 aliphatic carbocycles. The topological polar surface area (TPSA) is 0 Å². The predicted molar refractivity (Wildman–Crippen MR) is 127 cm³/mol. The Balaban J connectivity index is 1.87. The molecule has 0 N–H and O–H groups in total. The van der Waals surface area contributed by atoms with Crippen LogP contribution in [0.2, 0.25) is 0 Å². The second-order valence-electron chi connectivity index (χ2n) is 7.98. The monoisotopic (exact) mass is 464 g/mol. The summed E-state index contributed by atoms with van der Waals surface area (Å²) in [5.41, 5.74) is 10.9. The molecule has 1 heteroatoms. The Morgan fingerprint density at radius 3 is 2.78 bits per heavy atom. The minimum atomic E-state index is -0.000457. The lowest BCUT2D eigenvalue weighted by atomic mass is 9.79. The molecule has 0 unspecified atom stereocenters. The molecule has 0 radical (unpaired) electrons. The van der Waals surface area contributed by atoms with Crippen LogP contribution in [0.25, 0.3) is 17.2 Å². The summed E-state index contributed by atoms with van der Waals surface area (Å²) in [4.78, 5) is 0. The van der Waals surface area contributed by atoms with E-state index in [0.29, 0.717) is 0 Å². The molecule has 0 atom stereocenters. The smallest absolute Gasteiger partial charge is 0.0156 e. The first-order chi connectivity index (χ1) is 12.9. The Bertz CT molecular complexity index is 1030. The summed E-state index contributed by atoms with van der Waals surface area (Å²) < 4.78 is 1.30. The van der Waals surface area contributed by atoms with Gasteiger partial charge in [-0.3, -0.25) is 0 Å². The molecule has 0 saturated carbocycles. The van der Waals surface area contributed by atoms with E-state index in [-0.39, 0.29) is 5.41 Å². The fourth-order valence-electron chi connectivity index (χ4n) is 4.53. The number of benzene rings is 2. The van der Waals surface area contributed by atoms with E-state index in [4.69, 9.17) is 0 Å². The fourth-order valence-corrected chi connectivity index (χ4v) is 5.02. The third-order valence-electron chi connectivity index (χ3n) is 6.03. The predicted octanol–water partition coefficient (Wildman–Crippen LogP) is 7.58. The zero-order chi connectivity index (χ0) is 19.2. The van der Waals surface area contributed by atoms with Gasteiger partial charge < -0.3 is 0 Å². The highest BCUT2D eigenvalue weighted by molar-refractivity contribution is 14.1.